The topological polar surface area (TPSA) is 96.9 Å². The van der Waals surface area contributed by atoms with Crippen molar-refractivity contribution >= 4 is 5.91 Å². The minimum absolute atomic E-state index is 0.0115. The van der Waals surface area contributed by atoms with E-state index in [1.807, 2.05) is 35.2 Å². The number of ether oxygens (including phenoxy) is 3. The zero-order valence-corrected chi connectivity index (χ0v) is 21.0. The van der Waals surface area contributed by atoms with E-state index >= 15 is 0 Å². The largest absolute Gasteiger partial charge is 0.507 e. The van der Waals surface area contributed by atoms with Gasteiger partial charge < -0.3 is 24.2 Å². The van der Waals surface area contributed by atoms with Crippen molar-refractivity contribution in [1.29, 1.82) is 0 Å². The molecule has 36 heavy (non-hydrogen) atoms. The summed E-state index contributed by atoms with van der Waals surface area (Å²) in [5.41, 5.74) is 3.20. The van der Waals surface area contributed by atoms with Gasteiger partial charge in [-0.05, 0) is 55.0 Å². The maximum absolute atomic E-state index is 13.6. The molecule has 2 N–H and O–H groups in total. The zero-order chi connectivity index (χ0) is 25.2. The van der Waals surface area contributed by atoms with Crippen molar-refractivity contribution in [3.63, 3.8) is 0 Å². The molecule has 0 aliphatic carbocycles. The van der Waals surface area contributed by atoms with Gasteiger partial charge in [-0.2, -0.15) is 5.10 Å². The molecule has 2 atom stereocenters. The molecule has 0 spiro atoms. The van der Waals surface area contributed by atoms with Crippen LogP contribution in [0.15, 0.2) is 42.5 Å². The number of aromatic amines is 1. The van der Waals surface area contributed by atoms with Crippen molar-refractivity contribution in [2.24, 2.45) is 5.92 Å². The van der Waals surface area contributed by atoms with Gasteiger partial charge in [-0.1, -0.05) is 32.0 Å². The third-order valence-electron chi connectivity index (χ3n) is 6.90. The van der Waals surface area contributed by atoms with Gasteiger partial charge in [0, 0.05) is 24.3 Å². The van der Waals surface area contributed by atoms with Crippen LogP contribution >= 0.6 is 0 Å². The Hall–Kier alpha value is -3.52. The lowest BCUT2D eigenvalue weighted by molar-refractivity contribution is 0.0495. The van der Waals surface area contributed by atoms with E-state index in [1.165, 1.54) is 0 Å². The number of para-hydroxylation sites is 1. The number of fused-ring (bicyclic) bond motifs is 1. The lowest BCUT2D eigenvalue weighted by Crippen LogP contribution is -2.36. The van der Waals surface area contributed by atoms with E-state index in [9.17, 15) is 9.90 Å². The molecule has 0 unspecified atom stereocenters. The molecule has 1 saturated heterocycles. The Kier molecular flexibility index (Phi) is 6.87. The Balaban J connectivity index is 1.56. The third kappa shape index (κ3) is 4.53. The molecule has 3 heterocycles. The summed E-state index contributed by atoms with van der Waals surface area (Å²) < 4.78 is 17.6. The molecule has 0 bridgehead atoms. The number of nitrogens with one attached hydrogen (secondary N) is 1. The molecule has 8 nitrogen and oxygen atoms in total. The number of aromatic hydroxyl groups is 1. The van der Waals surface area contributed by atoms with Gasteiger partial charge in [0.05, 0.1) is 25.9 Å². The molecule has 8 heteroatoms. The average Bonchev–Trinajstić information content (AvgIpc) is 3.59. The van der Waals surface area contributed by atoms with Gasteiger partial charge in [0.15, 0.2) is 11.5 Å². The zero-order valence-electron chi connectivity index (χ0n) is 21.0. The Labute approximate surface area is 211 Å². The van der Waals surface area contributed by atoms with Crippen LogP contribution in [-0.2, 0) is 4.74 Å². The molecule has 1 amide bonds. The van der Waals surface area contributed by atoms with E-state index in [4.69, 9.17) is 14.2 Å². The molecule has 0 radical (unpaired) electrons. The van der Waals surface area contributed by atoms with Crippen LogP contribution in [0.1, 0.15) is 60.8 Å². The van der Waals surface area contributed by atoms with Crippen molar-refractivity contribution in [1.82, 2.24) is 15.1 Å². The number of methoxy groups -OCH3 is 1. The van der Waals surface area contributed by atoms with Gasteiger partial charge in [-0.15, -0.1) is 0 Å². The number of hydrogen-bond acceptors (Lipinski definition) is 6. The Morgan fingerprint density at radius 2 is 2.06 bits per heavy atom. The van der Waals surface area contributed by atoms with Crippen molar-refractivity contribution in [2.75, 3.05) is 26.9 Å². The number of rotatable bonds is 9. The van der Waals surface area contributed by atoms with Gasteiger partial charge >= 0.3 is 0 Å². The van der Waals surface area contributed by atoms with Crippen LogP contribution in [0.3, 0.4) is 0 Å². The Bertz CT molecular complexity index is 1230. The molecule has 2 aliphatic rings. The first kappa shape index (κ1) is 24.2. The fourth-order valence-electron chi connectivity index (χ4n) is 5.00. The average molecular weight is 492 g/mol. The fourth-order valence-corrected chi connectivity index (χ4v) is 5.00. The highest BCUT2D eigenvalue weighted by Crippen LogP contribution is 2.46. The van der Waals surface area contributed by atoms with Gasteiger partial charge in [0.1, 0.15) is 17.1 Å². The van der Waals surface area contributed by atoms with Gasteiger partial charge in [-0.25, -0.2) is 0 Å². The summed E-state index contributed by atoms with van der Waals surface area (Å²) in [4.78, 5) is 15.4. The molecule has 0 saturated carbocycles. The van der Waals surface area contributed by atoms with Gasteiger partial charge in [-0.3, -0.25) is 9.89 Å². The monoisotopic (exact) mass is 491 g/mol. The number of aromatic nitrogens is 2. The smallest absolute Gasteiger partial charge is 0.273 e. The number of hydrogen-bond donors (Lipinski definition) is 2. The van der Waals surface area contributed by atoms with E-state index in [-0.39, 0.29) is 17.8 Å². The van der Waals surface area contributed by atoms with E-state index in [1.54, 1.807) is 19.2 Å². The second-order valence-corrected chi connectivity index (χ2v) is 9.81. The number of H-pyrrole nitrogens is 1. The molecule has 2 aromatic carbocycles. The number of amides is 1. The first-order chi connectivity index (χ1) is 17.5. The van der Waals surface area contributed by atoms with Crippen LogP contribution in [0.2, 0.25) is 0 Å². The van der Waals surface area contributed by atoms with Crippen molar-refractivity contribution < 1.29 is 24.1 Å². The first-order valence-corrected chi connectivity index (χ1v) is 12.6. The van der Waals surface area contributed by atoms with E-state index in [2.05, 4.69) is 24.0 Å². The van der Waals surface area contributed by atoms with Crippen LogP contribution in [0.5, 0.6) is 17.2 Å². The number of nitrogens with zero attached hydrogens (tertiary/aromatic N) is 2. The lowest BCUT2D eigenvalue weighted by Gasteiger charge is -2.29. The van der Waals surface area contributed by atoms with Crippen molar-refractivity contribution in [2.45, 2.75) is 45.3 Å². The number of phenolic OH excluding ortho intramolecular Hbond substituents is 1. The number of carbonyl (C=O) groups excluding carboxylic acids is 1. The van der Waals surface area contributed by atoms with E-state index in [0.29, 0.717) is 54.1 Å². The van der Waals surface area contributed by atoms with Crippen LogP contribution in [-0.4, -0.2) is 59.1 Å². The van der Waals surface area contributed by atoms with Crippen LogP contribution < -0.4 is 9.47 Å². The molecular weight excluding hydrogens is 458 g/mol. The van der Waals surface area contributed by atoms with Crippen molar-refractivity contribution in [3.05, 3.63) is 59.3 Å². The molecule has 3 aromatic rings. The number of carbonyl (C=O) groups is 1. The van der Waals surface area contributed by atoms with Crippen LogP contribution in [0.25, 0.3) is 11.3 Å². The second kappa shape index (κ2) is 10.2. The minimum Gasteiger partial charge on any atom is -0.507 e. The van der Waals surface area contributed by atoms with Crippen LogP contribution in [0.4, 0.5) is 0 Å². The maximum atomic E-state index is 13.6. The predicted octanol–water partition coefficient (Wildman–Crippen LogP) is 4.94. The third-order valence-corrected chi connectivity index (χ3v) is 6.90. The quantitative estimate of drug-likeness (QED) is 0.440. The highest BCUT2D eigenvalue weighted by Gasteiger charge is 2.44. The molecule has 1 fully saturated rings. The molecule has 1 aromatic heterocycles. The van der Waals surface area contributed by atoms with Gasteiger partial charge in [0.2, 0.25) is 0 Å². The van der Waals surface area contributed by atoms with Gasteiger partial charge in [0.25, 0.3) is 5.91 Å². The first-order valence-electron chi connectivity index (χ1n) is 12.6. The summed E-state index contributed by atoms with van der Waals surface area (Å²) in [5.74, 6) is 1.81. The Morgan fingerprint density at radius 3 is 2.78 bits per heavy atom. The normalized spacial score (nSPS) is 19.2. The molecule has 2 aliphatic heterocycles. The molecule has 5 rings (SSSR count). The summed E-state index contributed by atoms with van der Waals surface area (Å²) in [6.07, 6.45) is 2.84. The fraction of sp³-hybridized carbons (Fsp3) is 0.429. The highest BCUT2D eigenvalue weighted by molar-refractivity contribution is 6.00. The summed E-state index contributed by atoms with van der Waals surface area (Å²) in [7, 11) is 1.62. The predicted molar refractivity (Wildman–Crippen MR) is 135 cm³/mol. The summed E-state index contributed by atoms with van der Waals surface area (Å²) in [5, 5.41) is 18.0. The molecule has 190 valence electrons. The second-order valence-electron chi connectivity index (χ2n) is 9.81. The summed E-state index contributed by atoms with van der Waals surface area (Å²) >= 11 is 0. The minimum atomic E-state index is -0.413. The molecular formula is C28H33N3O5. The highest BCUT2D eigenvalue weighted by atomic mass is 16.5. The number of phenols is 1. The lowest BCUT2D eigenvalue weighted by atomic mass is 9.95. The summed E-state index contributed by atoms with van der Waals surface area (Å²) in [6, 6.07) is 12.4. The Morgan fingerprint density at radius 1 is 1.22 bits per heavy atom. The van der Waals surface area contributed by atoms with Crippen LogP contribution in [0, 0.1) is 5.92 Å². The maximum Gasteiger partial charge on any atom is 0.273 e. The number of benzene rings is 2. The van der Waals surface area contributed by atoms with E-state index < -0.39 is 6.04 Å². The standard InChI is InChI=1S/C28H33N3O5/c1-17(2)12-14-36-22-11-10-18(15-23(22)34-3)27-24-25(20-8-4-5-9-21(20)32)29-30-26(24)28(33)31(27)16-19-7-6-13-35-19/h4-5,8-11,15,17,19,27,32H,6-7,12-14,16H2,1-3H3,(H,29,30)/t19-,27+/m1/s1. The SMILES string of the molecule is COc1cc([C@H]2c3c(-c4ccccc4O)n[nH]c3C(=O)N2C[C@H]2CCCO2)ccc1OCCC(C)C. The van der Waals surface area contributed by atoms with Crippen molar-refractivity contribution in [3.8, 4) is 28.5 Å². The van der Waals surface area contributed by atoms with E-state index in [0.717, 1.165) is 30.4 Å². The summed E-state index contributed by atoms with van der Waals surface area (Å²) in [6.45, 7) is 6.11.